The first-order valence-corrected chi connectivity index (χ1v) is 4.71. The molecular weight excluding hydrogens is 253 g/mol. The molecule has 0 spiro atoms. The number of halogens is 2. The van der Waals surface area contributed by atoms with E-state index in [0.717, 1.165) is 0 Å². The van der Waals surface area contributed by atoms with Crippen LogP contribution >= 0.6 is 15.9 Å². The van der Waals surface area contributed by atoms with Gasteiger partial charge in [0.15, 0.2) is 4.95 Å². The van der Waals surface area contributed by atoms with E-state index < -0.39 is 10.9 Å². The second-order valence-electron chi connectivity index (χ2n) is 2.52. The van der Waals surface area contributed by atoms with Crippen LogP contribution in [0.4, 0.5) is 10.1 Å². The molecule has 1 rings (SSSR count). The summed E-state index contributed by atoms with van der Waals surface area (Å²) in [7, 11) is 0. The molecule has 0 fully saturated rings. The summed E-state index contributed by atoms with van der Waals surface area (Å²) in [6.07, 6.45) is 0. The van der Waals surface area contributed by atoms with Crippen LogP contribution in [-0.4, -0.2) is 10.9 Å². The van der Waals surface area contributed by atoms with Crippen molar-refractivity contribution in [3.8, 4) is 0 Å². The molecule has 0 aliphatic heterocycles. The van der Waals surface area contributed by atoms with Crippen molar-refractivity contribution in [1.29, 1.82) is 0 Å². The van der Waals surface area contributed by atoms with Crippen molar-refractivity contribution in [2.45, 2.75) is 4.95 Å². The zero-order valence-corrected chi connectivity index (χ0v) is 8.71. The molecule has 1 unspecified atom stereocenters. The van der Waals surface area contributed by atoms with E-state index >= 15 is 0 Å². The van der Waals surface area contributed by atoms with Gasteiger partial charge in [0, 0.05) is 5.69 Å². The third kappa shape index (κ3) is 2.97. The van der Waals surface area contributed by atoms with Crippen molar-refractivity contribution in [3.63, 3.8) is 0 Å². The smallest absolute Gasteiger partial charge is 0.267 e. The fourth-order valence-corrected chi connectivity index (χ4v) is 1.23. The molecule has 4 N–H and O–H groups in total. The van der Waals surface area contributed by atoms with E-state index in [1.54, 1.807) is 0 Å². The Balaban J connectivity index is 2.60. The van der Waals surface area contributed by atoms with Crippen LogP contribution in [0.5, 0.6) is 0 Å². The summed E-state index contributed by atoms with van der Waals surface area (Å²) >= 11 is 3.06. The molecule has 76 valence electrons. The van der Waals surface area contributed by atoms with Gasteiger partial charge in [-0.1, -0.05) is 15.9 Å². The molecule has 1 aromatic rings. The van der Waals surface area contributed by atoms with Crippen LogP contribution in [0.3, 0.4) is 0 Å². The van der Waals surface area contributed by atoms with E-state index in [0.29, 0.717) is 5.69 Å². The van der Waals surface area contributed by atoms with Crippen LogP contribution in [0.15, 0.2) is 24.3 Å². The molecule has 0 heterocycles. The summed E-state index contributed by atoms with van der Waals surface area (Å²) in [6.45, 7) is 0. The van der Waals surface area contributed by atoms with E-state index in [2.05, 4.69) is 21.2 Å². The fraction of sp³-hybridized carbons (Fsp3) is 0.125. The number of anilines is 1. The third-order valence-electron chi connectivity index (χ3n) is 1.51. The van der Waals surface area contributed by atoms with E-state index in [1.807, 2.05) is 5.43 Å². The van der Waals surface area contributed by atoms with Gasteiger partial charge < -0.3 is 5.32 Å². The predicted octanol–water partition coefficient (Wildman–Crippen LogP) is 0.949. The van der Waals surface area contributed by atoms with E-state index in [9.17, 15) is 9.18 Å². The molecule has 0 saturated carbocycles. The quantitative estimate of drug-likeness (QED) is 0.250. The second kappa shape index (κ2) is 4.92. The highest BCUT2D eigenvalue weighted by Gasteiger charge is 2.12. The number of nitrogens with one attached hydrogen (secondary N) is 2. The molecule has 1 aromatic carbocycles. The Bertz CT molecular complexity index is 317. The number of amides is 1. The molecule has 0 bridgehead atoms. The standard InChI is InChI=1S/C8H9BrFN3O/c9-7(8(14)13-11)12-6-3-1-5(10)2-4-6/h1-4,7,12H,11H2,(H,13,14). The van der Waals surface area contributed by atoms with Gasteiger partial charge in [0.2, 0.25) is 0 Å². The van der Waals surface area contributed by atoms with E-state index in [4.69, 9.17) is 5.84 Å². The fourth-order valence-electron chi connectivity index (χ4n) is 0.831. The van der Waals surface area contributed by atoms with Crippen molar-refractivity contribution in [3.05, 3.63) is 30.1 Å². The first kappa shape index (κ1) is 10.9. The van der Waals surface area contributed by atoms with Crippen LogP contribution in [0.2, 0.25) is 0 Å². The van der Waals surface area contributed by atoms with Crippen LogP contribution in [0.25, 0.3) is 0 Å². The van der Waals surface area contributed by atoms with E-state index in [-0.39, 0.29) is 5.82 Å². The number of hydrazine groups is 1. The van der Waals surface area contributed by atoms with Crippen molar-refractivity contribution < 1.29 is 9.18 Å². The number of carbonyl (C=O) groups excluding carboxylic acids is 1. The summed E-state index contributed by atoms with van der Waals surface area (Å²) in [5.74, 6) is 4.18. The number of nitrogens with two attached hydrogens (primary N) is 1. The minimum Gasteiger partial charge on any atom is -0.365 e. The van der Waals surface area contributed by atoms with Gasteiger partial charge in [-0.05, 0) is 24.3 Å². The molecular formula is C8H9BrFN3O. The molecule has 0 saturated heterocycles. The Labute approximate surface area is 88.8 Å². The molecule has 4 nitrogen and oxygen atoms in total. The molecule has 14 heavy (non-hydrogen) atoms. The Morgan fingerprint density at radius 3 is 2.50 bits per heavy atom. The minimum absolute atomic E-state index is 0.329. The molecule has 0 aliphatic carbocycles. The van der Waals surface area contributed by atoms with Crippen molar-refractivity contribution in [2.75, 3.05) is 5.32 Å². The first-order chi connectivity index (χ1) is 6.63. The van der Waals surface area contributed by atoms with Crippen LogP contribution in [0.1, 0.15) is 0 Å². The zero-order chi connectivity index (χ0) is 10.6. The maximum absolute atomic E-state index is 12.5. The lowest BCUT2D eigenvalue weighted by molar-refractivity contribution is -0.120. The summed E-state index contributed by atoms with van der Waals surface area (Å²) in [4.78, 5) is 10.3. The second-order valence-corrected chi connectivity index (χ2v) is 3.44. The van der Waals surface area contributed by atoms with Crippen LogP contribution in [0, 0.1) is 5.82 Å². The van der Waals surface area contributed by atoms with Gasteiger partial charge in [0.25, 0.3) is 5.91 Å². The topological polar surface area (TPSA) is 67.1 Å². The minimum atomic E-state index is -0.641. The van der Waals surface area contributed by atoms with Gasteiger partial charge in [-0.15, -0.1) is 0 Å². The Hall–Kier alpha value is -1.14. The monoisotopic (exact) mass is 261 g/mol. The van der Waals surface area contributed by atoms with Gasteiger partial charge in [-0.25, -0.2) is 10.2 Å². The van der Waals surface area contributed by atoms with Gasteiger partial charge in [0.1, 0.15) is 5.82 Å². The highest BCUT2D eigenvalue weighted by atomic mass is 79.9. The zero-order valence-electron chi connectivity index (χ0n) is 7.13. The van der Waals surface area contributed by atoms with E-state index in [1.165, 1.54) is 24.3 Å². The molecule has 0 aromatic heterocycles. The number of hydrogen-bond donors (Lipinski definition) is 3. The van der Waals surface area contributed by atoms with Gasteiger partial charge in [-0.3, -0.25) is 10.2 Å². The number of carbonyl (C=O) groups is 1. The highest BCUT2D eigenvalue weighted by molar-refractivity contribution is 9.10. The predicted molar refractivity (Wildman–Crippen MR) is 55.1 cm³/mol. The van der Waals surface area contributed by atoms with Crippen molar-refractivity contribution >= 4 is 27.5 Å². The summed E-state index contributed by atoms with van der Waals surface area (Å²) < 4.78 is 12.5. The Morgan fingerprint density at radius 1 is 1.43 bits per heavy atom. The molecule has 1 atom stereocenters. The Morgan fingerprint density at radius 2 is 2.00 bits per heavy atom. The normalized spacial score (nSPS) is 11.9. The third-order valence-corrected chi connectivity index (χ3v) is 2.15. The number of alkyl halides is 1. The summed E-state index contributed by atoms with van der Waals surface area (Å²) in [6, 6.07) is 5.63. The van der Waals surface area contributed by atoms with Gasteiger partial charge >= 0.3 is 0 Å². The summed E-state index contributed by atoms with van der Waals surface area (Å²) in [5.41, 5.74) is 2.60. The largest absolute Gasteiger partial charge is 0.365 e. The average molecular weight is 262 g/mol. The number of hydrogen-bond acceptors (Lipinski definition) is 3. The number of benzene rings is 1. The summed E-state index contributed by atoms with van der Waals surface area (Å²) in [5, 5.41) is 2.78. The molecule has 1 amide bonds. The average Bonchev–Trinajstić information content (AvgIpc) is 2.20. The first-order valence-electron chi connectivity index (χ1n) is 3.80. The molecule has 0 radical (unpaired) electrons. The molecule has 0 aliphatic rings. The van der Waals surface area contributed by atoms with Gasteiger partial charge in [0.05, 0.1) is 0 Å². The lowest BCUT2D eigenvalue weighted by atomic mass is 10.3. The maximum atomic E-state index is 12.5. The van der Waals surface area contributed by atoms with Crippen LogP contribution < -0.4 is 16.6 Å². The van der Waals surface area contributed by atoms with Gasteiger partial charge in [-0.2, -0.15) is 0 Å². The van der Waals surface area contributed by atoms with Crippen molar-refractivity contribution in [1.82, 2.24) is 5.43 Å². The van der Waals surface area contributed by atoms with Crippen molar-refractivity contribution in [2.24, 2.45) is 5.84 Å². The van der Waals surface area contributed by atoms with Crippen LogP contribution in [-0.2, 0) is 4.79 Å². The maximum Gasteiger partial charge on any atom is 0.267 e. The Kier molecular flexibility index (Phi) is 3.84. The molecule has 6 heteroatoms. The lowest BCUT2D eigenvalue weighted by Crippen LogP contribution is -2.39. The number of rotatable bonds is 3. The highest BCUT2D eigenvalue weighted by Crippen LogP contribution is 2.11. The lowest BCUT2D eigenvalue weighted by Gasteiger charge is -2.11. The SMILES string of the molecule is NNC(=O)C(Br)Nc1ccc(F)cc1.